The number of carbonyl (C=O) groups is 1. The van der Waals surface area contributed by atoms with Gasteiger partial charge in [0.05, 0.1) is 20.3 Å². The fourth-order valence-corrected chi connectivity index (χ4v) is 3.42. The Kier molecular flexibility index (Phi) is 6.35. The lowest BCUT2D eigenvalue weighted by Gasteiger charge is -2.29. The quantitative estimate of drug-likeness (QED) is 0.699. The molecule has 0 saturated heterocycles. The Morgan fingerprint density at radius 2 is 1.80 bits per heavy atom. The van der Waals surface area contributed by atoms with Gasteiger partial charge in [0.1, 0.15) is 5.75 Å². The molecule has 0 bridgehead atoms. The Labute approximate surface area is 176 Å². The van der Waals surface area contributed by atoms with Crippen molar-refractivity contribution in [3.63, 3.8) is 0 Å². The SMILES string of the molecule is COc1ccc([C@H]2C=C(C(=O)NC3CC3)O[C@@H](OCc3ccc(CO)cc3)C2)cc1. The molecule has 2 aliphatic rings. The number of ether oxygens (including phenoxy) is 3. The van der Waals surface area contributed by atoms with Crippen molar-refractivity contribution < 1.29 is 24.1 Å². The van der Waals surface area contributed by atoms with Crippen LogP contribution >= 0.6 is 0 Å². The largest absolute Gasteiger partial charge is 0.497 e. The van der Waals surface area contributed by atoms with Crippen LogP contribution in [-0.4, -0.2) is 30.5 Å². The van der Waals surface area contributed by atoms with Crippen molar-refractivity contribution in [2.45, 2.75) is 50.7 Å². The van der Waals surface area contributed by atoms with E-state index in [9.17, 15) is 9.90 Å². The number of nitrogens with one attached hydrogen (secondary N) is 1. The summed E-state index contributed by atoms with van der Waals surface area (Å²) in [5.41, 5.74) is 2.92. The number of benzene rings is 2. The van der Waals surface area contributed by atoms with Crippen LogP contribution in [0.4, 0.5) is 0 Å². The van der Waals surface area contributed by atoms with Crippen LogP contribution in [0.3, 0.4) is 0 Å². The second kappa shape index (κ2) is 9.32. The molecule has 0 radical (unpaired) electrons. The zero-order chi connectivity index (χ0) is 20.9. The number of hydrogen-bond acceptors (Lipinski definition) is 5. The van der Waals surface area contributed by atoms with Gasteiger partial charge in [0.25, 0.3) is 5.91 Å². The van der Waals surface area contributed by atoms with Crippen LogP contribution in [0, 0.1) is 0 Å². The van der Waals surface area contributed by atoms with Gasteiger partial charge in [0.15, 0.2) is 5.76 Å². The van der Waals surface area contributed by atoms with E-state index in [2.05, 4.69) is 5.32 Å². The van der Waals surface area contributed by atoms with Gasteiger partial charge in [0.2, 0.25) is 6.29 Å². The van der Waals surface area contributed by atoms with Gasteiger partial charge < -0.3 is 24.6 Å². The monoisotopic (exact) mass is 409 g/mol. The summed E-state index contributed by atoms with van der Waals surface area (Å²) in [5, 5.41) is 12.2. The summed E-state index contributed by atoms with van der Waals surface area (Å²) < 4.78 is 17.2. The van der Waals surface area contributed by atoms with Crippen LogP contribution in [-0.2, 0) is 27.5 Å². The molecule has 0 aromatic heterocycles. The van der Waals surface area contributed by atoms with Gasteiger partial charge >= 0.3 is 0 Å². The van der Waals surface area contributed by atoms with Crippen LogP contribution in [0.15, 0.2) is 60.4 Å². The standard InChI is InChI=1S/C24H27NO5/c1-28-21-10-6-18(7-11-21)19-12-22(24(27)25-20-8-9-20)30-23(13-19)29-15-17-4-2-16(14-26)3-5-17/h2-7,10-12,19-20,23,26H,8-9,13-15H2,1H3,(H,25,27)/t19-,23+/m0/s1. The molecule has 1 amide bonds. The lowest BCUT2D eigenvalue weighted by molar-refractivity contribution is -0.150. The van der Waals surface area contributed by atoms with E-state index in [1.807, 2.05) is 54.6 Å². The predicted octanol–water partition coefficient (Wildman–Crippen LogP) is 3.40. The molecule has 1 fully saturated rings. The molecule has 2 N–H and O–H groups in total. The van der Waals surface area contributed by atoms with Crippen LogP contribution in [0.25, 0.3) is 0 Å². The highest BCUT2D eigenvalue weighted by molar-refractivity contribution is 5.92. The number of amides is 1. The summed E-state index contributed by atoms with van der Waals surface area (Å²) in [6, 6.07) is 15.7. The van der Waals surface area contributed by atoms with E-state index in [1.165, 1.54) is 0 Å². The number of allylic oxidation sites excluding steroid dienone is 1. The maximum atomic E-state index is 12.6. The first-order valence-electron chi connectivity index (χ1n) is 10.3. The van der Waals surface area contributed by atoms with E-state index in [0.717, 1.165) is 35.3 Å². The van der Waals surface area contributed by atoms with E-state index in [-0.39, 0.29) is 24.5 Å². The Hall–Kier alpha value is -2.83. The van der Waals surface area contributed by atoms with Gasteiger partial charge in [-0.15, -0.1) is 0 Å². The van der Waals surface area contributed by atoms with Gasteiger partial charge in [-0.2, -0.15) is 0 Å². The number of aliphatic hydroxyl groups excluding tert-OH is 1. The molecular weight excluding hydrogens is 382 g/mol. The second-order valence-corrected chi connectivity index (χ2v) is 7.73. The Morgan fingerprint density at radius 3 is 2.43 bits per heavy atom. The molecule has 30 heavy (non-hydrogen) atoms. The molecule has 1 aliphatic carbocycles. The summed E-state index contributed by atoms with van der Waals surface area (Å²) >= 11 is 0. The van der Waals surface area contributed by atoms with Crippen LogP contribution in [0.5, 0.6) is 5.75 Å². The van der Waals surface area contributed by atoms with Gasteiger partial charge in [-0.25, -0.2) is 0 Å². The molecule has 2 aromatic rings. The molecule has 1 aliphatic heterocycles. The summed E-state index contributed by atoms with van der Waals surface area (Å²) in [6.45, 7) is 0.379. The lowest BCUT2D eigenvalue weighted by Crippen LogP contribution is -2.33. The fourth-order valence-electron chi connectivity index (χ4n) is 3.42. The first kappa shape index (κ1) is 20.4. The fraction of sp³-hybridized carbons (Fsp3) is 0.375. The second-order valence-electron chi connectivity index (χ2n) is 7.73. The molecule has 0 unspecified atom stereocenters. The molecule has 158 valence electrons. The normalized spacial score (nSPS) is 20.8. The van der Waals surface area contributed by atoms with Gasteiger partial charge in [0, 0.05) is 18.4 Å². The van der Waals surface area contributed by atoms with E-state index in [0.29, 0.717) is 18.8 Å². The van der Waals surface area contributed by atoms with Gasteiger partial charge in [-0.3, -0.25) is 4.79 Å². The van der Waals surface area contributed by atoms with E-state index < -0.39 is 6.29 Å². The first-order valence-corrected chi connectivity index (χ1v) is 10.3. The van der Waals surface area contributed by atoms with Crippen molar-refractivity contribution in [2.24, 2.45) is 0 Å². The average molecular weight is 409 g/mol. The minimum Gasteiger partial charge on any atom is -0.497 e. The first-order chi connectivity index (χ1) is 14.6. The summed E-state index contributed by atoms with van der Waals surface area (Å²) in [5.74, 6) is 0.929. The third-order valence-corrected chi connectivity index (χ3v) is 5.38. The maximum absolute atomic E-state index is 12.6. The van der Waals surface area contributed by atoms with Crippen LogP contribution in [0.2, 0.25) is 0 Å². The number of hydrogen-bond donors (Lipinski definition) is 2. The highest BCUT2D eigenvalue weighted by Crippen LogP contribution is 2.33. The van der Waals surface area contributed by atoms with Crippen molar-refractivity contribution in [3.05, 3.63) is 77.1 Å². The summed E-state index contributed by atoms with van der Waals surface area (Å²) in [7, 11) is 1.64. The number of methoxy groups -OCH3 is 1. The molecule has 6 heteroatoms. The topological polar surface area (TPSA) is 77.0 Å². The van der Waals surface area contributed by atoms with Crippen molar-refractivity contribution >= 4 is 5.91 Å². The minimum absolute atomic E-state index is 0.00590. The van der Waals surface area contributed by atoms with Crippen molar-refractivity contribution in [3.8, 4) is 5.75 Å². The molecule has 1 heterocycles. The van der Waals surface area contributed by atoms with Gasteiger partial charge in [-0.05, 0) is 47.7 Å². The number of carbonyl (C=O) groups excluding carboxylic acids is 1. The zero-order valence-corrected chi connectivity index (χ0v) is 17.0. The zero-order valence-electron chi connectivity index (χ0n) is 17.0. The smallest absolute Gasteiger partial charge is 0.286 e. The molecule has 1 saturated carbocycles. The highest BCUT2D eigenvalue weighted by Gasteiger charge is 2.31. The van der Waals surface area contributed by atoms with E-state index >= 15 is 0 Å². The van der Waals surface area contributed by atoms with Gasteiger partial charge in [-0.1, -0.05) is 36.4 Å². The van der Waals surface area contributed by atoms with E-state index in [4.69, 9.17) is 14.2 Å². The molecule has 4 rings (SSSR count). The summed E-state index contributed by atoms with van der Waals surface area (Å²) in [6.07, 6.45) is 4.01. The third kappa shape index (κ3) is 5.20. The van der Waals surface area contributed by atoms with Crippen molar-refractivity contribution in [1.82, 2.24) is 5.32 Å². The maximum Gasteiger partial charge on any atom is 0.286 e. The predicted molar refractivity (Wildman–Crippen MR) is 112 cm³/mol. The Morgan fingerprint density at radius 1 is 1.10 bits per heavy atom. The Balaban J connectivity index is 1.47. The van der Waals surface area contributed by atoms with Crippen molar-refractivity contribution in [1.29, 1.82) is 0 Å². The summed E-state index contributed by atoms with van der Waals surface area (Å²) in [4.78, 5) is 12.6. The van der Waals surface area contributed by atoms with Crippen LogP contribution in [0.1, 0.15) is 41.9 Å². The number of aliphatic hydroxyl groups is 1. The van der Waals surface area contributed by atoms with E-state index in [1.54, 1.807) is 7.11 Å². The Bertz CT molecular complexity index is 887. The lowest BCUT2D eigenvalue weighted by atomic mass is 9.93. The number of rotatable bonds is 8. The molecule has 0 spiro atoms. The third-order valence-electron chi connectivity index (χ3n) is 5.38. The average Bonchev–Trinajstić information content (AvgIpc) is 3.62. The molecule has 2 aromatic carbocycles. The van der Waals surface area contributed by atoms with Crippen molar-refractivity contribution in [2.75, 3.05) is 7.11 Å². The molecular formula is C24H27NO5. The molecule has 2 atom stereocenters. The minimum atomic E-state index is -0.528. The highest BCUT2D eigenvalue weighted by atomic mass is 16.7. The molecule has 6 nitrogen and oxygen atoms in total. The van der Waals surface area contributed by atoms with Crippen LogP contribution < -0.4 is 10.1 Å².